The predicted octanol–water partition coefficient (Wildman–Crippen LogP) is 5.80. The van der Waals surface area contributed by atoms with Crippen molar-refractivity contribution in [3.8, 4) is 11.3 Å². The van der Waals surface area contributed by atoms with Gasteiger partial charge in [-0.15, -0.1) is 0 Å². The predicted molar refractivity (Wildman–Crippen MR) is 118 cm³/mol. The molecule has 1 fully saturated rings. The van der Waals surface area contributed by atoms with Gasteiger partial charge < -0.3 is 14.6 Å². The average Bonchev–Trinajstić information content (AvgIpc) is 3.40. The average molecular weight is 433 g/mol. The highest BCUT2D eigenvalue weighted by Crippen LogP contribution is 2.42. The molecule has 2 aromatic carbocycles. The van der Waals surface area contributed by atoms with Crippen LogP contribution in [0.4, 0.5) is 14.5 Å². The van der Waals surface area contributed by atoms with Gasteiger partial charge in [0.25, 0.3) is 0 Å². The van der Waals surface area contributed by atoms with Crippen LogP contribution in [0.5, 0.6) is 0 Å². The van der Waals surface area contributed by atoms with Gasteiger partial charge in [-0.1, -0.05) is 6.07 Å². The quantitative estimate of drug-likeness (QED) is 0.412. The molecular formula is C24H17F2N3OS. The van der Waals surface area contributed by atoms with Crippen LogP contribution in [0.1, 0.15) is 23.5 Å². The van der Waals surface area contributed by atoms with Gasteiger partial charge in [0.2, 0.25) is 0 Å². The number of rotatable bonds is 4. The van der Waals surface area contributed by atoms with Gasteiger partial charge in [0.15, 0.2) is 5.11 Å². The SMILES string of the molecule is Fc1ccc(-c2ccc([C@H]3[C@@H](c4ccccn4)NC(=S)N3c3ccc(F)cc3)o2)cc1. The van der Waals surface area contributed by atoms with Gasteiger partial charge in [0.1, 0.15) is 29.2 Å². The number of hydrogen-bond acceptors (Lipinski definition) is 3. The fourth-order valence-corrected chi connectivity index (χ4v) is 4.15. The minimum atomic E-state index is -0.345. The summed E-state index contributed by atoms with van der Waals surface area (Å²) in [4.78, 5) is 6.40. The van der Waals surface area contributed by atoms with E-state index in [4.69, 9.17) is 16.6 Å². The van der Waals surface area contributed by atoms with Crippen molar-refractivity contribution in [2.75, 3.05) is 4.90 Å². The minimum absolute atomic E-state index is 0.272. The van der Waals surface area contributed by atoms with E-state index in [1.54, 1.807) is 30.5 Å². The molecule has 4 nitrogen and oxygen atoms in total. The number of nitrogens with one attached hydrogen (secondary N) is 1. The molecule has 31 heavy (non-hydrogen) atoms. The molecule has 0 aliphatic carbocycles. The van der Waals surface area contributed by atoms with E-state index in [0.29, 0.717) is 16.6 Å². The molecule has 2 aromatic heterocycles. The number of hydrogen-bond donors (Lipinski definition) is 1. The van der Waals surface area contributed by atoms with Crippen LogP contribution in [-0.4, -0.2) is 10.1 Å². The van der Waals surface area contributed by atoms with Crippen molar-refractivity contribution in [2.45, 2.75) is 12.1 Å². The maximum atomic E-state index is 13.5. The fraction of sp³-hybridized carbons (Fsp3) is 0.0833. The molecule has 1 N–H and O–H groups in total. The molecule has 0 bridgehead atoms. The standard InChI is InChI=1S/C24H17F2N3OS/c25-16-6-4-15(5-7-16)20-12-13-21(30-20)23-22(19-3-1-2-14-27-19)28-24(31)29(23)18-10-8-17(26)9-11-18/h1-14,22-23H,(H,28,31)/t22-,23+/m1/s1. The van der Waals surface area contributed by atoms with Gasteiger partial charge >= 0.3 is 0 Å². The molecule has 1 aliphatic rings. The molecule has 5 rings (SSSR count). The van der Waals surface area contributed by atoms with Crippen LogP contribution in [0.2, 0.25) is 0 Å². The van der Waals surface area contributed by atoms with Crippen LogP contribution in [0, 0.1) is 11.6 Å². The maximum Gasteiger partial charge on any atom is 0.174 e. The van der Waals surface area contributed by atoms with Crippen LogP contribution in [0.3, 0.4) is 0 Å². The van der Waals surface area contributed by atoms with Gasteiger partial charge in [-0.05, 0) is 85.0 Å². The van der Waals surface area contributed by atoms with E-state index in [1.165, 1.54) is 24.3 Å². The molecular weight excluding hydrogens is 416 g/mol. The number of aromatic nitrogens is 1. The Morgan fingerprint density at radius 3 is 2.26 bits per heavy atom. The molecule has 1 saturated heterocycles. The van der Waals surface area contributed by atoms with E-state index in [-0.39, 0.29) is 23.7 Å². The van der Waals surface area contributed by atoms with Crippen molar-refractivity contribution in [3.05, 3.63) is 108 Å². The first-order chi connectivity index (χ1) is 15.1. The normalized spacial score (nSPS) is 18.3. The summed E-state index contributed by atoms with van der Waals surface area (Å²) in [6, 6.07) is 21.1. The number of benzene rings is 2. The van der Waals surface area contributed by atoms with Crippen molar-refractivity contribution >= 4 is 23.0 Å². The number of anilines is 1. The minimum Gasteiger partial charge on any atom is -0.459 e. The third kappa shape index (κ3) is 3.68. The lowest BCUT2D eigenvalue weighted by Crippen LogP contribution is -2.29. The molecule has 0 radical (unpaired) electrons. The second kappa shape index (κ2) is 7.92. The van der Waals surface area contributed by atoms with E-state index in [9.17, 15) is 8.78 Å². The summed E-state index contributed by atoms with van der Waals surface area (Å²) in [6.45, 7) is 0. The Morgan fingerprint density at radius 1 is 0.871 bits per heavy atom. The summed E-state index contributed by atoms with van der Waals surface area (Å²) in [7, 11) is 0. The molecule has 0 amide bonds. The van der Waals surface area contributed by atoms with E-state index < -0.39 is 0 Å². The smallest absolute Gasteiger partial charge is 0.174 e. The number of pyridine rings is 1. The fourth-order valence-electron chi connectivity index (χ4n) is 3.80. The second-order valence-corrected chi connectivity index (χ2v) is 7.57. The number of furan rings is 1. The number of halogens is 2. The molecule has 4 aromatic rings. The largest absolute Gasteiger partial charge is 0.459 e. The Hall–Kier alpha value is -3.58. The number of nitrogens with zero attached hydrogens (tertiary/aromatic N) is 2. The molecule has 0 unspecified atom stereocenters. The molecule has 0 spiro atoms. The molecule has 3 heterocycles. The summed E-state index contributed by atoms with van der Waals surface area (Å²) in [6.07, 6.45) is 1.73. The Bertz CT molecular complexity index is 1210. The second-order valence-electron chi connectivity index (χ2n) is 7.18. The van der Waals surface area contributed by atoms with Gasteiger partial charge in [-0.2, -0.15) is 0 Å². The lowest BCUT2D eigenvalue weighted by Gasteiger charge is -2.26. The third-order valence-electron chi connectivity index (χ3n) is 5.25. The maximum absolute atomic E-state index is 13.5. The molecule has 1 aliphatic heterocycles. The van der Waals surface area contributed by atoms with Crippen molar-refractivity contribution in [3.63, 3.8) is 0 Å². The molecule has 0 saturated carbocycles. The third-order valence-corrected chi connectivity index (χ3v) is 5.56. The van der Waals surface area contributed by atoms with Crippen molar-refractivity contribution in [2.24, 2.45) is 0 Å². The van der Waals surface area contributed by atoms with Crippen molar-refractivity contribution < 1.29 is 13.2 Å². The van der Waals surface area contributed by atoms with Crippen LogP contribution < -0.4 is 10.2 Å². The van der Waals surface area contributed by atoms with Gasteiger partial charge in [0.05, 0.1) is 11.7 Å². The summed E-state index contributed by atoms with van der Waals surface area (Å²) in [5.74, 6) is 0.646. The number of thiocarbonyl (C=S) groups is 1. The summed E-state index contributed by atoms with van der Waals surface area (Å²) >= 11 is 5.63. The Kier molecular flexibility index (Phi) is 4.95. The lowest BCUT2D eigenvalue weighted by molar-refractivity contribution is 0.439. The first-order valence-corrected chi connectivity index (χ1v) is 10.1. The highest BCUT2D eigenvalue weighted by molar-refractivity contribution is 7.80. The van der Waals surface area contributed by atoms with E-state index in [0.717, 1.165) is 16.9 Å². The Labute approximate surface area is 183 Å². The van der Waals surface area contributed by atoms with Gasteiger partial charge in [0, 0.05) is 17.4 Å². The molecule has 2 atom stereocenters. The monoisotopic (exact) mass is 433 g/mol. The van der Waals surface area contributed by atoms with Gasteiger partial charge in [-0.25, -0.2) is 8.78 Å². The summed E-state index contributed by atoms with van der Waals surface area (Å²) in [5, 5.41) is 3.82. The lowest BCUT2D eigenvalue weighted by atomic mass is 10.0. The van der Waals surface area contributed by atoms with Crippen molar-refractivity contribution in [1.29, 1.82) is 0 Å². The molecule has 154 valence electrons. The molecule has 7 heteroatoms. The summed E-state index contributed by atoms with van der Waals surface area (Å²) < 4.78 is 33.0. The first-order valence-electron chi connectivity index (χ1n) is 9.72. The summed E-state index contributed by atoms with van der Waals surface area (Å²) in [5.41, 5.74) is 2.31. The first kappa shape index (κ1) is 19.4. The van der Waals surface area contributed by atoms with Crippen LogP contribution in [0.25, 0.3) is 11.3 Å². The van der Waals surface area contributed by atoms with Gasteiger partial charge in [-0.3, -0.25) is 4.98 Å². The van der Waals surface area contributed by atoms with Crippen LogP contribution in [0.15, 0.2) is 89.5 Å². The van der Waals surface area contributed by atoms with Crippen LogP contribution >= 0.6 is 12.2 Å². The topological polar surface area (TPSA) is 41.3 Å². The van der Waals surface area contributed by atoms with E-state index in [1.807, 2.05) is 35.2 Å². The van der Waals surface area contributed by atoms with E-state index >= 15 is 0 Å². The Morgan fingerprint density at radius 2 is 1.58 bits per heavy atom. The highest BCUT2D eigenvalue weighted by atomic mass is 32.1. The highest BCUT2D eigenvalue weighted by Gasteiger charge is 2.42. The van der Waals surface area contributed by atoms with Crippen LogP contribution in [-0.2, 0) is 0 Å². The van der Waals surface area contributed by atoms with E-state index in [2.05, 4.69) is 10.3 Å². The Balaban J connectivity index is 1.59. The zero-order valence-electron chi connectivity index (χ0n) is 16.2. The zero-order valence-corrected chi connectivity index (χ0v) is 17.0. The zero-order chi connectivity index (χ0) is 21.4. The van der Waals surface area contributed by atoms with Crippen molar-refractivity contribution in [1.82, 2.24) is 10.3 Å².